The summed E-state index contributed by atoms with van der Waals surface area (Å²) in [6, 6.07) is 8.84. The van der Waals surface area contributed by atoms with Crippen LogP contribution in [-0.2, 0) is 12.6 Å². The third kappa shape index (κ3) is 6.73. The molecule has 15 heteroatoms. The van der Waals surface area contributed by atoms with E-state index >= 15 is 0 Å². The number of alkyl halides is 3. The molecule has 0 bridgehead atoms. The Morgan fingerprint density at radius 1 is 1.08 bits per heavy atom. The van der Waals surface area contributed by atoms with Gasteiger partial charge in [-0.2, -0.15) is 18.3 Å². The van der Waals surface area contributed by atoms with Crippen molar-refractivity contribution >= 4 is 46.6 Å². The number of carbonyl (C=O) groups is 1. The van der Waals surface area contributed by atoms with Crippen molar-refractivity contribution in [3.05, 3.63) is 82.0 Å². The van der Waals surface area contributed by atoms with Gasteiger partial charge in [0.25, 0.3) is 0 Å². The number of hydrogen-bond donors (Lipinski definition) is 6. The Bertz CT molecular complexity index is 1490. The molecule has 7 N–H and O–H groups in total. The number of nitrogen functional groups attached to an aromatic ring is 1. The average Bonchev–Trinajstić information content (AvgIpc) is 3.29. The van der Waals surface area contributed by atoms with Crippen LogP contribution in [0.5, 0.6) is 0 Å². The second-order valence-corrected chi connectivity index (χ2v) is 8.42. The number of amidine groups is 1. The normalized spacial score (nSPS) is 11.2. The maximum Gasteiger partial charge on any atom is 0.417 e. The molecule has 0 spiro atoms. The lowest BCUT2D eigenvalue weighted by atomic mass is 10.2. The smallest absolute Gasteiger partial charge is 0.382 e. The van der Waals surface area contributed by atoms with Crippen LogP contribution in [0.15, 0.2) is 48.7 Å². The Kier molecular flexibility index (Phi) is 7.43. The van der Waals surface area contributed by atoms with Gasteiger partial charge in [0.1, 0.15) is 29.0 Å². The maximum atomic E-state index is 13.0. The number of pyridine rings is 1. The van der Waals surface area contributed by atoms with E-state index in [9.17, 15) is 18.0 Å². The second-order valence-electron chi connectivity index (χ2n) is 8.02. The molecular weight excluding hydrogens is 525 g/mol. The van der Waals surface area contributed by atoms with Crippen molar-refractivity contribution in [3.8, 4) is 0 Å². The van der Waals surface area contributed by atoms with Gasteiger partial charge < -0.3 is 16.4 Å². The van der Waals surface area contributed by atoms with Gasteiger partial charge in [0, 0.05) is 36.1 Å². The number of H-pyrrole nitrogens is 1. The number of nitrogens with two attached hydrogens (primary N) is 1. The van der Waals surface area contributed by atoms with Crippen molar-refractivity contribution < 1.29 is 18.0 Å². The first kappa shape index (κ1) is 26.3. The van der Waals surface area contributed by atoms with Gasteiger partial charge in [0.15, 0.2) is 5.82 Å². The highest BCUT2D eigenvalue weighted by molar-refractivity contribution is 6.31. The van der Waals surface area contributed by atoms with Crippen molar-refractivity contribution in [2.75, 3.05) is 16.0 Å². The number of aromatic nitrogens is 5. The van der Waals surface area contributed by atoms with Gasteiger partial charge in [-0.1, -0.05) is 17.7 Å². The van der Waals surface area contributed by atoms with Crippen LogP contribution in [0.2, 0.25) is 5.02 Å². The minimum absolute atomic E-state index is 0.0794. The Balaban J connectivity index is 1.38. The van der Waals surface area contributed by atoms with E-state index in [1.807, 2.05) is 6.92 Å². The number of nitrogens with zero attached hydrogens (tertiary/aromatic N) is 4. The van der Waals surface area contributed by atoms with Crippen molar-refractivity contribution in [1.29, 1.82) is 5.41 Å². The van der Waals surface area contributed by atoms with Gasteiger partial charge in [-0.15, -0.1) is 0 Å². The van der Waals surface area contributed by atoms with Gasteiger partial charge in [0.05, 0.1) is 10.6 Å². The Labute approximate surface area is 218 Å². The van der Waals surface area contributed by atoms with Crippen LogP contribution in [0.1, 0.15) is 28.3 Å². The fourth-order valence-electron chi connectivity index (χ4n) is 3.31. The lowest BCUT2D eigenvalue weighted by Crippen LogP contribution is -2.20. The fraction of sp³-hybridized carbons (Fsp3) is 0.130. The van der Waals surface area contributed by atoms with E-state index in [1.54, 1.807) is 24.3 Å². The average molecular weight is 545 g/mol. The summed E-state index contributed by atoms with van der Waals surface area (Å²) in [5, 5.41) is 21.4. The van der Waals surface area contributed by atoms with Crippen molar-refractivity contribution in [2.24, 2.45) is 5.73 Å². The van der Waals surface area contributed by atoms with Crippen LogP contribution in [0.25, 0.3) is 0 Å². The molecule has 2 amide bonds. The molecule has 3 aromatic heterocycles. The summed E-state index contributed by atoms with van der Waals surface area (Å²) < 4.78 is 39.1. The molecule has 0 atom stereocenters. The number of urea groups is 1. The number of benzene rings is 1. The minimum atomic E-state index is -4.65. The molecule has 1 aromatic carbocycles. The molecule has 0 aliphatic carbocycles. The van der Waals surface area contributed by atoms with Crippen molar-refractivity contribution in [3.63, 3.8) is 0 Å². The number of aromatic amines is 1. The van der Waals surface area contributed by atoms with E-state index < -0.39 is 22.8 Å². The third-order valence-electron chi connectivity index (χ3n) is 4.98. The maximum absolute atomic E-state index is 13.0. The van der Waals surface area contributed by atoms with Crippen LogP contribution in [0.3, 0.4) is 0 Å². The highest BCUT2D eigenvalue weighted by Crippen LogP contribution is 2.36. The van der Waals surface area contributed by atoms with E-state index in [1.165, 1.54) is 12.3 Å². The summed E-state index contributed by atoms with van der Waals surface area (Å²) >= 11 is 5.60. The number of amides is 2. The van der Waals surface area contributed by atoms with Crippen LogP contribution < -0.4 is 21.7 Å². The quantitative estimate of drug-likeness (QED) is 0.143. The summed E-state index contributed by atoms with van der Waals surface area (Å²) in [6.45, 7) is 1.81. The summed E-state index contributed by atoms with van der Waals surface area (Å²) in [5.41, 5.74) is 6.12. The molecular formula is C23H20ClF3N10O. The molecule has 38 heavy (non-hydrogen) atoms. The molecule has 4 rings (SSSR count). The highest BCUT2D eigenvalue weighted by atomic mass is 35.5. The largest absolute Gasteiger partial charge is 0.417 e. The number of aryl methyl sites for hydroxylation is 1. The molecule has 0 aliphatic heterocycles. The molecule has 0 radical (unpaired) electrons. The van der Waals surface area contributed by atoms with Crippen molar-refractivity contribution in [2.45, 2.75) is 19.5 Å². The van der Waals surface area contributed by atoms with Gasteiger partial charge >= 0.3 is 12.2 Å². The monoisotopic (exact) mass is 544 g/mol. The van der Waals surface area contributed by atoms with E-state index in [2.05, 4.69) is 41.1 Å². The van der Waals surface area contributed by atoms with Crippen LogP contribution in [0, 0.1) is 12.3 Å². The second kappa shape index (κ2) is 10.7. The molecule has 0 aliphatic rings. The molecule has 3 heterocycles. The summed E-state index contributed by atoms with van der Waals surface area (Å²) in [4.78, 5) is 25.3. The van der Waals surface area contributed by atoms with Crippen molar-refractivity contribution in [1.82, 2.24) is 25.1 Å². The molecule has 4 aromatic rings. The minimum Gasteiger partial charge on any atom is -0.382 e. The van der Waals surface area contributed by atoms with Crippen LogP contribution in [-0.4, -0.2) is 37.0 Å². The predicted octanol–water partition coefficient (Wildman–Crippen LogP) is 4.84. The number of hydrogen-bond acceptors (Lipinski definition) is 7. The lowest BCUT2D eigenvalue weighted by Gasteiger charge is -2.12. The summed E-state index contributed by atoms with van der Waals surface area (Å²) in [5.74, 6) is 1.46. The van der Waals surface area contributed by atoms with E-state index in [0.29, 0.717) is 35.3 Å². The fourth-order valence-corrected chi connectivity index (χ4v) is 3.54. The van der Waals surface area contributed by atoms with E-state index in [-0.39, 0.29) is 17.3 Å². The molecule has 11 nitrogen and oxygen atoms in total. The first-order chi connectivity index (χ1) is 18.0. The molecule has 0 saturated heterocycles. The van der Waals surface area contributed by atoms with E-state index in [0.717, 1.165) is 17.7 Å². The molecule has 196 valence electrons. The summed E-state index contributed by atoms with van der Waals surface area (Å²) in [7, 11) is 0. The zero-order chi connectivity index (χ0) is 27.4. The number of rotatable bonds is 7. The zero-order valence-electron chi connectivity index (χ0n) is 19.6. The molecule has 0 unspecified atom stereocenters. The number of anilines is 4. The SMILES string of the molecule is Cc1cc(Nc2cc(C(=N)N)[nH]n2)nc(Cc2ccc(NC(=O)Nc3ccc(Cl)c(C(F)(F)F)c3)nc2)n1. The Morgan fingerprint density at radius 3 is 2.53 bits per heavy atom. The lowest BCUT2D eigenvalue weighted by molar-refractivity contribution is -0.137. The molecule has 0 saturated carbocycles. The molecule has 0 fully saturated rings. The van der Waals surface area contributed by atoms with Gasteiger partial charge in [0.2, 0.25) is 0 Å². The number of carbonyl (C=O) groups excluding carboxylic acids is 1. The van der Waals surface area contributed by atoms with Gasteiger partial charge in [-0.3, -0.25) is 15.8 Å². The Morgan fingerprint density at radius 2 is 1.87 bits per heavy atom. The van der Waals surface area contributed by atoms with E-state index in [4.69, 9.17) is 22.7 Å². The first-order valence-corrected chi connectivity index (χ1v) is 11.2. The topological polar surface area (TPSA) is 170 Å². The summed E-state index contributed by atoms with van der Waals surface area (Å²) in [6.07, 6.45) is -2.80. The number of halogens is 4. The predicted molar refractivity (Wildman–Crippen MR) is 136 cm³/mol. The zero-order valence-corrected chi connectivity index (χ0v) is 20.4. The van der Waals surface area contributed by atoms with Gasteiger partial charge in [-0.05, 0) is 36.8 Å². The highest BCUT2D eigenvalue weighted by Gasteiger charge is 2.33. The van der Waals surface area contributed by atoms with Gasteiger partial charge in [-0.25, -0.2) is 19.7 Å². The number of nitrogens with one attached hydrogen (secondary N) is 5. The third-order valence-corrected chi connectivity index (χ3v) is 5.31. The van der Waals surface area contributed by atoms with Crippen LogP contribution in [0.4, 0.5) is 41.1 Å². The van der Waals surface area contributed by atoms with Crippen LogP contribution >= 0.6 is 11.6 Å². The Hall–Kier alpha value is -4.72. The first-order valence-electron chi connectivity index (χ1n) is 10.9. The standard InChI is InChI=1S/C23H20ClF3N10O/c1-11-6-18(34-20-9-16(21(28)29)36-37-20)33-19(31-11)7-12-2-5-17(30-10-12)35-22(38)32-13-3-4-15(24)14(8-13)23(25,26)27/h2-6,8-10H,7H2,1H3,(H3,28,29)(H2,30,32,35,38)(H2,31,33,34,36,37).